The van der Waals surface area contributed by atoms with E-state index in [2.05, 4.69) is 0 Å². The molecule has 0 atom stereocenters. The van der Waals surface area contributed by atoms with E-state index in [0.29, 0.717) is 18.4 Å². The van der Waals surface area contributed by atoms with Crippen molar-refractivity contribution < 1.29 is 14.4 Å². The lowest BCUT2D eigenvalue weighted by molar-refractivity contribution is -0.119. The van der Waals surface area contributed by atoms with Gasteiger partial charge in [0, 0.05) is 19.5 Å². The first kappa shape index (κ1) is 14.3. The number of hydrogen-bond acceptors (Lipinski definition) is 4. The van der Waals surface area contributed by atoms with E-state index in [1.165, 1.54) is 5.06 Å². The van der Waals surface area contributed by atoms with Crippen molar-refractivity contribution in [3.63, 3.8) is 0 Å². The topological polar surface area (TPSA) is 46.6 Å². The monoisotopic (exact) mass is 273 g/mol. The van der Waals surface area contributed by atoms with Crippen molar-refractivity contribution in [2.75, 3.05) is 7.05 Å². The molecule has 1 aromatic rings. The van der Waals surface area contributed by atoms with E-state index in [1.807, 2.05) is 19.9 Å². The van der Waals surface area contributed by atoms with E-state index in [4.69, 9.17) is 4.84 Å². The first-order valence-corrected chi connectivity index (χ1v) is 6.62. The Bertz CT molecular complexity index is 546. The van der Waals surface area contributed by atoms with Gasteiger partial charge in [-0.3, -0.25) is 4.79 Å². The van der Waals surface area contributed by atoms with Gasteiger partial charge < -0.3 is 4.84 Å². The summed E-state index contributed by atoms with van der Waals surface area (Å²) < 4.78 is 0. The molecule has 20 heavy (non-hydrogen) atoms. The summed E-state index contributed by atoms with van der Waals surface area (Å²) in [6.07, 6.45) is 2.79. The van der Waals surface area contributed by atoms with Crippen molar-refractivity contribution >= 4 is 11.8 Å². The third kappa shape index (κ3) is 3.47. The molecule has 4 nitrogen and oxygen atoms in total. The molecule has 4 heteroatoms. The molecule has 0 aromatic heterocycles. The molecule has 0 saturated carbocycles. The van der Waals surface area contributed by atoms with Crippen molar-refractivity contribution in [2.45, 2.75) is 26.7 Å². The SMILES string of the molecule is CN(OC(=O)c1ccccc1)C1=CC(=O)CC(C)(C)C1. The smallest absolute Gasteiger partial charge is 0.336 e. The van der Waals surface area contributed by atoms with Crippen LogP contribution < -0.4 is 0 Å². The average Bonchev–Trinajstić information content (AvgIpc) is 2.37. The van der Waals surface area contributed by atoms with Crippen LogP contribution in [0.25, 0.3) is 0 Å². The number of rotatable bonds is 3. The summed E-state index contributed by atoms with van der Waals surface area (Å²) in [4.78, 5) is 29.0. The van der Waals surface area contributed by atoms with Crippen molar-refractivity contribution in [1.82, 2.24) is 5.06 Å². The lowest BCUT2D eigenvalue weighted by Gasteiger charge is -2.32. The highest BCUT2D eigenvalue weighted by Gasteiger charge is 2.30. The first-order chi connectivity index (χ1) is 9.37. The van der Waals surface area contributed by atoms with Crippen LogP contribution in [-0.4, -0.2) is 23.9 Å². The molecule has 0 heterocycles. The molecule has 0 N–H and O–H groups in total. The zero-order valence-corrected chi connectivity index (χ0v) is 12.1. The molecule has 2 rings (SSSR count). The van der Waals surface area contributed by atoms with Crippen LogP contribution in [0.5, 0.6) is 0 Å². The Morgan fingerprint density at radius 1 is 1.20 bits per heavy atom. The fourth-order valence-electron chi connectivity index (χ4n) is 2.32. The number of hydroxylamine groups is 2. The summed E-state index contributed by atoms with van der Waals surface area (Å²) in [6, 6.07) is 8.79. The van der Waals surface area contributed by atoms with E-state index in [0.717, 1.165) is 5.70 Å². The van der Waals surface area contributed by atoms with Gasteiger partial charge in [0.1, 0.15) is 0 Å². The van der Waals surface area contributed by atoms with Crippen LogP contribution in [0.15, 0.2) is 42.1 Å². The second-order valence-corrected chi connectivity index (χ2v) is 5.86. The Hall–Kier alpha value is -2.10. The predicted molar refractivity (Wildman–Crippen MR) is 75.7 cm³/mol. The minimum atomic E-state index is -0.426. The van der Waals surface area contributed by atoms with E-state index < -0.39 is 5.97 Å². The Labute approximate surface area is 119 Å². The van der Waals surface area contributed by atoms with Crippen molar-refractivity contribution in [3.05, 3.63) is 47.7 Å². The maximum absolute atomic E-state index is 12.0. The van der Waals surface area contributed by atoms with Crippen LogP contribution in [0.4, 0.5) is 0 Å². The molecule has 0 radical (unpaired) electrons. The van der Waals surface area contributed by atoms with Crippen LogP contribution in [0.2, 0.25) is 0 Å². The third-order valence-corrected chi connectivity index (χ3v) is 3.27. The van der Waals surface area contributed by atoms with Gasteiger partial charge in [-0.25, -0.2) is 9.86 Å². The number of ketones is 1. The minimum Gasteiger partial charge on any atom is -0.336 e. The number of nitrogens with zero attached hydrogens (tertiary/aromatic N) is 1. The molecule has 0 aliphatic heterocycles. The fourth-order valence-corrected chi connectivity index (χ4v) is 2.32. The number of allylic oxidation sites excluding steroid dienone is 2. The largest absolute Gasteiger partial charge is 0.363 e. The van der Waals surface area contributed by atoms with Gasteiger partial charge in [0.05, 0.1) is 11.3 Å². The highest BCUT2D eigenvalue weighted by molar-refractivity contribution is 5.92. The van der Waals surface area contributed by atoms with Gasteiger partial charge in [-0.15, -0.1) is 0 Å². The minimum absolute atomic E-state index is 0.0684. The number of carbonyl (C=O) groups excluding carboxylic acids is 2. The van der Waals surface area contributed by atoms with Gasteiger partial charge in [0.15, 0.2) is 5.78 Å². The van der Waals surface area contributed by atoms with Crippen LogP contribution >= 0.6 is 0 Å². The summed E-state index contributed by atoms with van der Waals surface area (Å²) in [7, 11) is 1.65. The molecule has 106 valence electrons. The molecule has 0 unspecified atom stereocenters. The Kier molecular flexibility index (Phi) is 3.93. The summed E-state index contributed by atoms with van der Waals surface area (Å²) in [5.41, 5.74) is 1.12. The first-order valence-electron chi connectivity index (χ1n) is 6.62. The summed E-state index contributed by atoms with van der Waals surface area (Å²) in [5.74, 6) is -0.358. The molecule has 0 spiro atoms. The molecular formula is C16H19NO3. The average molecular weight is 273 g/mol. The quantitative estimate of drug-likeness (QED) is 0.794. The third-order valence-electron chi connectivity index (χ3n) is 3.27. The molecule has 0 amide bonds. The van der Waals surface area contributed by atoms with Crippen LogP contribution in [0.3, 0.4) is 0 Å². The summed E-state index contributed by atoms with van der Waals surface area (Å²) >= 11 is 0. The normalized spacial score (nSPS) is 17.4. The Morgan fingerprint density at radius 3 is 2.45 bits per heavy atom. The fraction of sp³-hybridized carbons (Fsp3) is 0.375. The maximum Gasteiger partial charge on any atom is 0.363 e. The number of benzene rings is 1. The number of hydrogen-bond donors (Lipinski definition) is 0. The van der Waals surface area contributed by atoms with Crippen molar-refractivity contribution in [3.8, 4) is 0 Å². The lowest BCUT2D eigenvalue weighted by Crippen LogP contribution is -2.31. The van der Waals surface area contributed by atoms with Crippen LogP contribution in [0, 0.1) is 5.41 Å². The second-order valence-electron chi connectivity index (χ2n) is 5.86. The predicted octanol–water partition coefficient (Wildman–Crippen LogP) is 2.96. The lowest BCUT2D eigenvalue weighted by atomic mass is 9.79. The van der Waals surface area contributed by atoms with E-state index >= 15 is 0 Å². The second kappa shape index (κ2) is 5.49. The zero-order chi connectivity index (χ0) is 14.8. The molecule has 0 saturated heterocycles. The standard InChI is InChI=1S/C16H19NO3/c1-16(2)10-13(9-14(18)11-16)17(3)20-15(19)12-7-5-4-6-8-12/h4-9H,10-11H2,1-3H3. The molecule has 0 bridgehead atoms. The molecule has 1 aromatic carbocycles. The highest BCUT2D eigenvalue weighted by atomic mass is 16.7. The zero-order valence-electron chi connectivity index (χ0n) is 12.1. The molecule has 0 fully saturated rings. The van der Waals surface area contributed by atoms with Crippen LogP contribution in [0.1, 0.15) is 37.0 Å². The van der Waals surface area contributed by atoms with Crippen molar-refractivity contribution in [2.24, 2.45) is 5.41 Å². The Balaban J connectivity index is 2.07. The van der Waals surface area contributed by atoms with E-state index in [9.17, 15) is 9.59 Å². The van der Waals surface area contributed by atoms with Gasteiger partial charge in [0.25, 0.3) is 0 Å². The van der Waals surface area contributed by atoms with Gasteiger partial charge in [0.2, 0.25) is 0 Å². The van der Waals surface area contributed by atoms with E-state index in [-0.39, 0.29) is 11.2 Å². The molecule has 1 aliphatic carbocycles. The van der Waals surface area contributed by atoms with Crippen molar-refractivity contribution in [1.29, 1.82) is 0 Å². The van der Waals surface area contributed by atoms with E-state index in [1.54, 1.807) is 37.4 Å². The maximum atomic E-state index is 12.0. The molecule has 1 aliphatic rings. The van der Waals surface area contributed by atoms with Gasteiger partial charge in [-0.2, -0.15) is 0 Å². The van der Waals surface area contributed by atoms with Gasteiger partial charge in [-0.05, 0) is 24.0 Å². The number of carbonyl (C=O) groups is 2. The van der Waals surface area contributed by atoms with Crippen LogP contribution in [-0.2, 0) is 9.63 Å². The van der Waals surface area contributed by atoms with Gasteiger partial charge in [-0.1, -0.05) is 32.0 Å². The summed E-state index contributed by atoms with van der Waals surface area (Å²) in [5, 5.41) is 1.40. The molecular weight excluding hydrogens is 254 g/mol. The highest BCUT2D eigenvalue weighted by Crippen LogP contribution is 2.34. The Morgan fingerprint density at radius 2 is 1.85 bits per heavy atom. The van der Waals surface area contributed by atoms with Gasteiger partial charge >= 0.3 is 5.97 Å². The summed E-state index contributed by atoms with van der Waals surface area (Å²) in [6.45, 7) is 4.06.